The van der Waals surface area contributed by atoms with E-state index in [2.05, 4.69) is 38.6 Å². The minimum absolute atomic E-state index is 0.688. The molecule has 0 saturated carbocycles. The highest BCUT2D eigenvalue weighted by Crippen LogP contribution is 2.34. The van der Waals surface area contributed by atoms with E-state index in [1.54, 1.807) is 0 Å². The molecule has 4 rings (SSSR count). The molecule has 3 fully saturated rings. The van der Waals surface area contributed by atoms with Gasteiger partial charge in [-0.05, 0) is 31.8 Å². The molecule has 88 valence electrons. The summed E-state index contributed by atoms with van der Waals surface area (Å²) in [6.07, 6.45) is 1.38. The Labute approximate surface area is 100 Å². The van der Waals surface area contributed by atoms with Crippen LogP contribution in [0.4, 0.5) is 0 Å². The molecule has 1 aromatic heterocycles. The first-order valence-electron chi connectivity index (χ1n) is 6.00. The second kappa shape index (κ2) is 4.05. The first-order chi connectivity index (χ1) is 7.74. The van der Waals surface area contributed by atoms with Gasteiger partial charge in [-0.25, -0.2) is 0 Å². The summed E-state index contributed by atoms with van der Waals surface area (Å²) in [6.45, 7) is 8.04. The number of hydrogen-bond donors (Lipinski definition) is 0. The molecule has 2 unspecified atom stereocenters. The minimum atomic E-state index is 0.688. The fourth-order valence-corrected chi connectivity index (χ4v) is 3.28. The van der Waals surface area contributed by atoms with E-state index in [-0.39, 0.29) is 0 Å². The van der Waals surface area contributed by atoms with E-state index >= 15 is 0 Å². The lowest BCUT2D eigenvalue weighted by atomic mass is 9.86. The van der Waals surface area contributed by atoms with E-state index in [1.165, 1.54) is 31.0 Å². The molecule has 5 heteroatoms. The normalized spacial score (nSPS) is 30.7. The van der Waals surface area contributed by atoms with Crippen molar-refractivity contribution in [3.05, 3.63) is 11.1 Å². The summed E-state index contributed by atoms with van der Waals surface area (Å²) in [7, 11) is 0. The molecule has 0 amide bonds. The number of rotatable bonds is 3. The molecule has 0 N–H and O–H groups in total. The van der Waals surface area contributed by atoms with Crippen molar-refractivity contribution in [2.75, 3.05) is 13.1 Å². The number of piperazine rings is 1. The highest BCUT2D eigenvalue weighted by molar-refractivity contribution is 7.03. The van der Waals surface area contributed by atoms with Gasteiger partial charge in [-0.1, -0.05) is 4.49 Å². The zero-order valence-electron chi connectivity index (χ0n) is 9.83. The Morgan fingerprint density at radius 3 is 2.75 bits per heavy atom. The lowest BCUT2D eigenvalue weighted by molar-refractivity contribution is -0.0841. The molecular formula is C11H18N4S. The van der Waals surface area contributed by atoms with E-state index in [1.807, 2.05) is 0 Å². The van der Waals surface area contributed by atoms with Crippen molar-refractivity contribution in [3.8, 4) is 0 Å². The van der Waals surface area contributed by atoms with Crippen LogP contribution in [0.5, 0.6) is 0 Å². The van der Waals surface area contributed by atoms with Gasteiger partial charge in [0.1, 0.15) is 0 Å². The Kier molecular flexibility index (Phi) is 2.69. The van der Waals surface area contributed by atoms with E-state index in [0.717, 1.165) is 24.3 Å². The fourth-order valence-electron chi connectivity index (χ4n) is 2.84. The van der Waals surface area contributed by atoms with Crippen molar-refractivity contribution >= 4 is 11.5 Å². The second-order valence-electron chi connectivity index (χ2n) is 5.16. The molecule has 2 atom stereocenters. The van der Waals surface area contributed by atoms with Gasteiger partial charge in [0, 0.05) is 43.1 Å². The first kappa shape index (κ1) is 10.6. The van der Waals surface area contributed by atoms with Crippen LogP contribution >= 0.6 is 11.5 Å². The van der Waals surface area contributed by atoms with Crippen molar-refractivity contribution in [3.63, 3.8) is 0 Å². The van der Waals surface area contributed by atoms with Crippen molar-refractivity contribution in [2.45, 2.75) is 44.9 Å². The molecule has 3 saturated heterocycles. The average molecular weight is 238 g/mol. The number of nitrogens with zero attached hydrogens (tertiary/aromatic N) is 4. The second-order valence-corrected chi connectivity index (χ2v) is 5.77. The van der Waals surface area contributed by atoms with E-state index < -0.39 is 0 Å². The fraction of sp³-hybridized carbons (Fsp3) is 0.818. The van der Waals surface area contributed by atoms with Crippen LogP contribution in [-0.2, 0) is 6.54 Å². The Morgan fingerprint density at radius 1 is 1.44 bits per heavy atom. The summed E-state index contributed by atoms with van der Waals surface area (Å²) in [5, 5.41) is 6.20. The van der Waals surface area contributed by atoms with Crippen LogP contribution in [0.15, 0.2) is 5.38 Å². The molecule has 3 aliphatic rings. The summed E-state index contributed by atoms with van der Waals surface area (Å²) in [4.78, 5) is 5.18. The largest absolute Gasteiger partial charge is 0.298 e. The third-order valence-electron chi connectivity index (χ3n) is 3.85. The lowest BCUT2D eigenvalue weighted by Gasteiger charge is -2.57. The minimum Gasteiger partial charge on any atom is -0.298 e. The number of aromatic nitrogens is 2. The molecular weight excluding hydrogens is 220 g/mol. The zero-order chi connectivity index (χ0) is 11.1. The van der Waals surface area contributed by atoms with Gasteiger partial charge >= 0.3 is 0 Å². The van der Waals surface area contributed by atoms with E-state index in [9.17, 15) is 0 Å². The van der Waals surface area contributed by atoms with Gasteiger partial charge < -0.3 is 0 Å². The molecule has 0 aliphatic carbocycles. The maximum atomic E-state index is 4.13. The van der Waals surface area contributed by atoms with Crippen LogP contribution in [0.2, 0.25) is 0 Å². The summed E-state index contributed by atoms with van der Waals surface area (Å²) in [5.41, 5.74) is 1.14. The quantitative estimate of drug-likeness (QED) is 0.792. The van der Waals surface area contributed by atoms with Crippen LogP contribution in [0.1, 0.15) is 26.0 Å². The standard InChI is InChI=1S/C11H18N4S/c1-8(2)14-5-10-3-11(6-14)15(10)4-9-7-16-13-12-9/h7-8,10-11H,3-6H2,1-2H3. The molecule has 0 radical (unpaired) electrons. The zero-order valence-corrected chi connectivity index (χ0v) is 10.7. The highest BCUT2D eigenvalue weighted by atomic mass is 32.1. The van der Waals surface area contributed by atoms with Crippen LogP contribution in [0, 0.1) is 0 Å². The predicted molar refractivity (Wildman–Crippen MR) is 64.4 cm³/mol. The maximum absolute atomic E-state index is 4.13. The van der Waals surface area contributed by atoms with E-state index in [0.29, 0.717) is 6.04 Å². The van der Waals surface area contributed by atoms with E-state index in [4.69, 9.17) is 0 Å². The highest BCUT2D eigenvalue weighted by Gasteiger charge is 2.44. The molecule has 1 aromatic rings. The van der Waals surface area contributed by atoms with Gasteiger partial charge in [0.15, 0.2) is 0 Å². The van der Waals surface area contributed by atoms with Gasteiger partial charge in [0.25, 0.3) is 0 Å². The number of hydrogen-bond acceptors (Lipinski definition) is 5. The molecule has 4 heterocycles. The Balaban J connectivity index is 1.61. The van der Waals surface area contributed by atoms with Gasteiger partial charge in [-0.2, -0.15) is 0 Å². The monoisotopic (exact) mass is 238 g/mol. The molecule has 0 aromatic carbocycles. The van der Waals surface area contributed by atoms with Crippen molar-refractivity contribution in [1.29, 1.82) is 0 Å². The molecule has 2 bridgehead atoms. The van der Waals surface area contributed by atoms with Crippen molar-refractivity contribution in [2.24, 2.45) is 0 Å². The first-order valence-corrected chi connectivity index (χ1v) is 6.83. The summed E-state index contributed by atoms with van der Waals surface area (Å²) >= 11 is 1.45. The van der Waals surface area contributed by atoms with Crippen molar-refractivity contribution < 1.29 is 0 Å². The average Bonchev–Trinajstić information content (AvgIpc) is 2.78. The Morgan fingerprint density at radius 2 is 2.19 bits per heavy atom. The third-order valence-corrected chi connectivity index (χ3v) is 4.41. The molecule has 3 aliphatic heterocycles. The Hall–Kier alpha value is -0.520. The lowest BCUT2D eigenvalue weighted by Crippen LogP contribution is -2.68. The number of piperidine rings is 1. The predicted octanol–water partition coefficient (Wildman–Crippen LogP) is 1.21. The molecule has 0 spiro atoms. The van der Waals surface area contributed by atoms with Crippen LogP contribution in [-0.4, -0.2) is 50.6 Å². The van der Waals surface area contributed by atoms with Gasteiger partial charge in [0.2, 0.25) is 0 Å². The van der Waals surface area contributed by atoms with Crippen molar-refractivity contribution in [1.82, 2.24) is 19.4 Å². The third kappa shape index (κ3) is 1.77. The Bertz CT molecular complexity index is 339. The summed E-state index contributed by atoms with van der Waals surface area (Å²) < 4.78 is 3.93. The van der Waals surface area contributed by atoms with Crippen LogP contribution in [0.3, 0.4) is 0 Å². The topological polar surface area (TPSA) is 32.3 Å². The van der Waals surface area contributed by atoms with Crippen LogP contribution < -0.4 is 0 Å². The smallest absolute Gasteiger partial charge is 0.0895 e. The van der Waals surface area contributed by atoms with Crippen LogP contribution in [0.25, 0.3) is 0 Å². The van der Waals surface area contributed by atoms with Gasteiger partial charge in [-0.3, -0.25) is 9.80 Å². The molecule has 4 nitrogen and oxygen atoms in total. The van der Waals surface area contributed by atoms with Gasteiger partial charge in [0.05, 0.1) is 5.69 Å². The van der Waals surface area contributed by atoms with Gasteiger partial charge in [-0.15, -0.1) is 5.10 Å². The SMILES string of the molecule is CC(C)N1CC2CC(C1)N2Cc1csnn1. The summed E-state index contributed by atoms with van der Waals surface area (Å²) in [6, 6.07) is 2.19. The molecule has 16 heavy (non-hydrogen) atoms. The summed E-state index contributed by atoms with van der Waals surface area (Å²) in [5.74, 6) is 0. The maximum Gasteiger partial charge on any atom is 0.0895 e. The number of fused-ring (bicyclic) bond motifs is 2.